The summed E-state index contributed by atoms with van der Waals surface area (Å²) in [5.74, 6) is 1.80. The lowest BCUT2D eigenvalue weighted by Crippen LogP contribution is -2.27. The largest absolute Gasteiger partial charge is 0.370 e. The van der Waals surface area contributed by atoms with E-state index in [4.69, 9.17) is 4.98 Å². The number of hydrogen-bond donors (Lipinski definition) is 2. The number of anilines is 1. The number of nitrogens with zero attached hydrogens (tertiary/aromatic N) is 1. The van der Waals surface area contributed by atoms with Gasteiger partial charge >= 0.3 is 0 Å². The summed E-state index contributed by atoms with van der Waals surface area (Å²) >= 11 is 0. The molecular formula is C13H21Cl2N3. The van der Waals surface area contributed by atoms with Gasteiger partial charge in [0.2, 0.25) is 0 Å². The second-order valence-electron chi connectivity index (χ2n) is 4.80. The van der Waals surface area contributed by atoms with E-state index in [2.05, 4.69) is 22.8 Å². The third-order valence-corrected chi connectivity index (χ3v) is 3.67. The van der Waals surface area contributed by atoms with Crippen molar-refractivity contribution in [3.05, 3.63) is 23.4 Å². The summed E-state index contributed by atoms with van der Waals surface area (Å²) in [6, 6.07) is 4.51. The maximum atomic E-state index is 4.80. The molecule has 0 aromatic carbocycles. The summed E-state index contributed by atoms with van der Waals surface area (Å²) in [6.45, 7) is 3.35. The van der Waals surface area contributed by atoms with Gasteiger partial charge < -0.3 is 10.6 Å². The number of fused-ring (bicyclic) bond motifs is 1. The number of piperidine rings is 1. The highest BCUT2D eigenvalue weighted by Gasteiger charge is 2.18. The van der Waals surface area contributed by atoms with Crippen molar-refractivity contribution < 1.29 is 0 Å². The van der Waals surface area contributed by atoms with E-state index >= 15 is 0 Å². The third kappa shape index (κ3) is 3.28. The summed E-state index contributed by atoms with van der Waals surface area (Å²) in [7, 11) is 0. The first kappa shape index (κ1) is 15.5. The monoisotopic (exact) mass is 289 g/mol. The van der Waals surface area contributed by atoms with Gasteiger partial charge in [-0.2, -0.15) is 0 Å². The lowest BCUT2D eigenvalue weighted by Gasteiger charge is -2.24. The minimum absolute atomic E-state index is 0. The molecule has 3 heterocycles. The standard InChI is InChI=1S/C13H19N3.2ClH/c1-2-11-3-4-12(16-13(11)15-7-1)10-5-8-14-9-6-10;;/h3-4,10,14H,1-2,5-9H2,(H,15,16);2*1H. The zero-order valence-electron chi connectivity index (χ0n) is 10.4. The quantitative estimate of drug-likeness (QED) is 0.835. The van der Waals surface area contributed by atoms with Crippen molar-refractivity contribution >= 4 is 30.6 Å². The molecule has 0 radical (unpaired) electrons. The maximum Gasteiger partial charge on any atom is 0.129 e. The lowest BCUT2D eigenvalue weighted by atomic mass is 9.93. The zero-order chi connectivity index (χ0) is 10.8. The van der Waals surface area contributed by atoms with Crippen LogP contribution in [0.15, 0.2) is 12.1 Å². The van der Waals surface area contributed by atoms with Gasteiger partial charge in [0.25, 0.3) is 0 Å². The average Bonchev–Trinajstić information content (AvgIpc) is 2.39. The minimum Gasteiger partial charge on any atom is -0.370 e. The molecule has 0 unspecified atom stereocenters. The van der Waals surface area contributed by atoms with E-state index in [-0.39, 0.29) is 24.8 Å². The van der Waals surface area contributed by atoms with Crippen LogP contribution in [-0.2, 0) is 6.42 Å². The second-order valence-corrected chi connectivity index (χ2v) is 4.80. The Bertz CT molecular complexity index is 378. The van der Waals surface area contributed by atoms with Gasteiger partial charge in [0, 0.05) is 18.2 Å². The Kier molecular flexibility index (Phi) is 6.19. The van der Waals surface area contributed by atoms with E-state index in [1.807, 2.05) is 0 Å². The first-order valence-corrected chi connectivity index (χ1v) is 6.38. The number of hydrogen-bond acceptors (Lipinski definition) is 3. The van der Waals surface area contributed by atoms with Crippen LogP contribution in [-0.4, -0.2) is 24.6 Å². The SMILES string of the molecule is Cl.Cl.c1cc2c(nc1C1CCNCC1)NCCC2. The second kappa shape index (κ2) is 7.17. The van der Waals surface area contributed by atoms with Crippen LogP contribution in [0.3, 0.4) is 0 Å². The number of nitrogens with one attached hydrogen (secondary N) is 2. The highest BCUT2D eigenvalue weighted by atomic mass is 35.5. The van der Waals surface area contributed by atoms with Gasteiger partial charge in [-0.3, -0.25) is 0 Å². The van der Waals surface area contributed by atoms with Crippen LogP contribution in [0.1, 0.15) is 36.4 Å². The number of halogens is 2. The smallest absolute Gasteiger partial charge is 0.129 e. The molecule has 0 aliphatic carbocycles. The Morgan fingerprint density at radius 1 is 1.06 bits per heavy atom. The summed E-state index contributed by atoms with van der Waals surface area (Å²) in [5.41, 5.74) is 2.68. The summed E-state index contributed by atoms with van der Waals surface area (Å²) in [5, 5.41) is 6.82. The van der Waals surface area contributed by atoms with Crippen molar-refractivity contribution in [3.8, 4) is 0 Å². The van der Waals surface area contributed by atoms with Crippen molar-refractivity contribution in [3.63, 3.8) is 0 Å². The molecule has 2 aliphatic rings. The first-order chi connectivity index (χ1) is 7.93. The van der Waals surface area contributed by atoms with Gasteiger partial charge in [-0.05, 0) is 50.4 Å². The van der Waals surface area contributed by atoms with Crippen LogP contribution < -0.4 is 10.6 Å². The van der Waals surface area contributed by atoms with Gasteiger partial charge in [-0.1, -0.05) is 6.07 Å². The van der Waals surface area contributed by atoms with Crippen LogP contribution in [0.2, 0.25) is 0 Å². The van der Waals surface area contributed by atoms with Gasteiger partial charge in [0.15, 0.2) is 0 Å². The maximum absolute atomic E-state index is 4.80. The Labute approximate surface area is 121 Å². The van der Waals surface area contributed by atoms with E-state index in [9.17, 15) is 0 Å². The van der Waals surface area contributed by atoms with E-state index in [0.29, 0.717) is 5.92 Å². The van der Waals surface area contributed by atoms with Gasteiger partial charge in [0.05, 0.1) is 0 Å². The fraction of sp³-hybridized carbons (Fsp3) is 0.615. The molecule has 1 aromatic rings. The van der Waals surface area contributed by atoms with Crippen molar-refractivity contribution in [1.82, 2.24) is 10.3 Å². The summed E-state index contributed by atoms with van der Waals surface area (Å²) in [6.07, 6.45) is 4.88. The molecule has 0 saturated carbocycles. The van der Waals surface area contributed by atoms with Crippen LogP contribution >= 0.6 is 24.8 Å². The molecule has 18 heavy (non-hydrogen) atoms. The zero-order valence-corrected chi connectivity index (χ0v) is 12.1. The fourth-order valence-corrected chi connectivity index (χ4v) is 2.69. The first-order valence-electron chi connectivity index (χ1n) is 6.38. The van der Waals surface area contributed by atoms with Gasteiger partial charge in [-0.15, -0.1) is 24.8 Å². The Balaban J connectivity index is 0.000000810. The minimum atomic E-state index is 0. The molecule has 0 bridgehead atoms. The number of aryl methyl sites for hydroxylation is 1. The molecule has 0 amide bonds. The fourth-order valence-electron chi connectivity index (χ4n) is 2.69. The molecule has 3 rings (SSSR count). The summed E-state index contributed by atoms with van der Waals surface area (Å²) in [4.78, 5) is 4.80. The topological polar surface area (TPSA) is 37.0 Å². The summed E-state index contributed by atoms with van der Waals surface area (Å²) < 4.78 is 0. The molecule has 5 heteroatoms. The number of aromatic nitrogens is 1. The van der Waals surface area contributed by atoms with Crippen LogP contribution in [0.4, 0.5) is 5.82 Å². The normalized spacial score (nSPS) is 18.9. The third-order valence-electron chi connectivity index (χ3n) is 3.67. The number of rotatable bonds is 1. The predicted octanol–water partition coefficient (Wildman–Crippen LogP) is 2.75. The van der Waals surface area contributed by atoms with Crippen LogP contribution in [0.25, 0.3) is 0 Å². The van der Waals surface area contributed by atoms with Crippen molar-refractivity contribution in [2.75, 3.05) is 25.0 Å². The molecule has 2 aliphatic heterocycles. The average molecular weight is 290 g/mol. The van der Waals surface area contributed by atoms with Crippen molar-refractivity contribution in [2.24, 2.45) is 0 Å². The van der Waals surface area contributed by atoms with E-state index < -0.39 is 0 Å². The molecule has 1 saturated heterocycles. The molecule has 1 aromatic heterocycles. The van der Waals surface area contributed by atoms with Gasteiger partial charge in [-0.25, -0.2) is 4.98 Å². The molecule has 0 atom stereocenters. The highest BCUT2D eigenvalue weighted by molar-refractivity contribution is 5.85. The molecule has 2 N–H and O–H groups in total. The number of pyridine rings is 1. The molecule has 3 nitrogen and oxygen atoms in total. The Hall–Kier alpha value is -0.510. The highest BCUT2D eigenvalue weighted by Crippen LogP contribution is 2.27. The van der Waals surface area contributed by atoms with Crippen LogP contribution in [0.5, 0.6) is 0 Å². The van der Waals surface area contributed by atoms with E-state index in [1.165, 1.54) is 36.9 Å². The van der Waals surface area contributed by atoms with Crippen LogP contribution in [0, 0.1) is 0 Å². The van der Waals surface area contributed by atoms with E-state index in [1.54, 1.807) is 0 Å². The van der Waals surface area contributed by atoms with E-state index in [0.717, 1.165) is 25.5 Å². The lowest BCUT2D eigenvalue weighted by molar-refractivity contribution is 0.453. The molecular weight excluding hydrogens is 269 g/mol. The Morgan fingerprint density at radius 2 is 1.83 bits per heavy atom. The molecule has 1 fully saturated rings. The van der Waals surface area contributed by atoms with Gasteiger partial charge in [0.1, 0.15) is 5.82 Å². The predicted molar refractivity (Wildman–Crippen MR) is 80.4 cm³/mol. The van der Waals surface area contributed by atoms with Crippen molar-refractivity contribution in [2.45, 2.75) is 31.6 Å². The molecule has 0 spiro atoms. The van der Waals surface area contributed by atoms with Crippen molar-refractivity contribution in [1.29, 1.82) is 0 Å². The molecule has 102 valence electrons. The Morgan fingerprint density at radius 3 is 2.61 bits per heavy atom.